The Morgan fingerprint density at radius 1 is 1.48 bits per heavy atom. The van der Waals surface area contributed by atoms with Crippen molar-refractivity contribution in [2.24, 2.45) is 11.8 Å². The van der Waals surface area contributed by atoms with Gasteiger partial charge in [0, 0.05) is 11.4 Å². The van der Waals surface area contributed by atoms with E-state index in [1.165, 1.54) is 24.1 Å². The molecule has 4 atom stereocenters. The van der Waals surface area contributed by atoms with Gasteiger partial charge < -0.3 is 4.90 Å². The smallest absolute Gasteiger partial charge is 0.244 e. The van der Waals surface area contributed by atoms with E-state index in [2.05, 4.69) is 41.6 Å². The molecule has 1 aromatic heterocycles. The summed E-state index contributed by atoms with van der Waals surface area (Å²) in [5, 5.41) is 5.69. The first-order valence-corrected chi connectivity index (χ1v) is 9.05. The fourth-order valence-electron chi connectivity index (χ4n) is 3.73. The van der Waals surface area contributed by atoms with Gasteiger partial charge in [-0.2, -0.15) is 0 Å². The largest absolute Gasteiger partial charge is 0.320 e. The van der Waals surface area contributed by atoms with E-state index in [4.69, 9.17) is 0 Å². The van der Waals surface area contributed by atoms with Gasteiger partial charge >= 0.3 is 0 Å². The van der Waals surface area contributed by atoms with Crippen LogP contribution in [0.2, 0.25) is 0 Å². The van der Waals surface area contributed by atoms with E-state index in [0.29, 0.717) is 5.92 Å². The molecule has 116 valence electrons. The van der Waals surface area contributed by atoms with Crippen LogP contribution in [0.5, 0.6) is 0 Å². The molecule has 1 saturated carbocycles. The van der Waals surface area contributed by atoms with E-state index in [1.54, 1.807) is 11.3 Å². The Hall–Kier alpha value is -0.870. The molecule has 1 saturated heterocycles. The van der Waals surface area contributed by atoms with E-state index in [-0.39, 0.29) is 12.1 Å². The summed E-state index contributed by atoms with van der Waals surface area (Å²) in [6.45, 7) is 7.39. The Morgan fingerprint density at radius 3 is 2.86 bits per heavy atom. The Kier molecular flexibility index (Phi) is 4.10. The van der Waals surface area contributed by atoms with Crippen molar-refractivity contribution in [3.8, 4) is 0 Å². The first-order chi connectivity index (χ1) is 10.0. The standard InChI is InChI=1S/C17H26N2OS/c1-4-17(3)16(20)19(11-13-8-5-7-12(13)2)15(18-17)14-9-6-10-21-14/h6,9-10,12-13,15,18H,4-5,7-8,11H2,1-3H3. The first-order valence-electron chi connectivity index (χ1n) is 8.17. The molecule has 4 unspecified atom stereocenters. The van der Waals surface area contributed by atoms with Gasteiger partial charge in [0.25, 0.3) is 0 Å². The topological polar surface area (TPSA) is 32.3 Å². The van der Waals surface area contributed by atoms with Crippen LogP contribution in [0.1, 0.15) is 57.5 Å². The average Bonchev–Trinajstić information content (AvgIpc) is 3.17. The lowest BCUT2D eigenvalue weighted by Gasteiger charge is -2.28. The minimum absolute atomic E-state index is 0.0650. The number of hydrogen-bond acceptors (Lipinski definition) is 3. The van der Waals surface area contributed by atoms with E-state index < -0.39 is 5.54 Å². The molecule has 1 aromatic rings. The quantitative estimate of drug-likeness (QED) is 0.918. The lowest BCUT2D eigenvalue weighted by atomic mass is 9.96. The van der Waals surface area contributed by atoms with Gasteiger partial charge in [0.15, 0.2) is 0 Å². The van der Waals surface area contributed by atoms with Gasteiger partial charge in [-0.1, -0.05) is 32.8 Å². The Bertz CT molecular complexity index is 501. The number of hydrogen-bond donors (Lipinski definition) is 1. The fraction of sp³-hybridized carbons (Fsp3) is 0.706. The summed E-state index contributed by atoms with van der Waals surface area (Å²) < 4.78 is 0. The molecule has 1 aliphatic carbocycles. The van der Waals surface area contributed by atoms with Gasteiger partial charge in [0.05, 0.1) is 5.54 Å². The van der Waals surface area contributed by atoms with Crippen molar-refractivity contribution in [2.45, 2.75) is 58.2 Å². The van der Waals surface area contributed by atoms with Crippen LogP contribution >= 0.6 is 11.3 Å². The van der Waals surface area contributed by atoms with Crippen molar-refractivity contribution in [3.63, 3.8) is 0 Å². The van der Waals surface area contributed by atoms with Gasteiger partial charge in [0.1, 0.15) is 6.17 Å². The molecule has 0 spiro atoms. The van der Waals surface area contributed by atoms with Crippen LogP contribution in [0.4, 0.5) is 0 Å². The molecule has 2 heterocycles. The maximum atomic E-state index is 12.9. The molecule has 2 fully saturated rings. The summed E-state index contributed by atoms with van der Waals surface area (Å²) in [5.74, 6) is 1.69. The molecule has 0 aromatic carbocycles. The highest BCUT2D eigenvalue weighted by molar-refractivity contribution is 7.10. The zero-order valence-electron chi connectivity index (χ0n) is 13.3. The number of nitrogens with one attached hydrogen (secondary N) is 1. The van der Waals surface area contributed by atoms with E-state index >= 15 is 0 Å². The zero-order valence-corrected chi connectivity index (χ0v) is 14.1. The molecule has 1 N–H and O–H groups in total. The number of carbonyl (C=O) groups is 1. The van der Waals surface area contributed by atoms with Gasteiger partial charge in [-0.25, -0.2) is 0 Å². The number of nitrogens with zero attached hydrogens (tertiary/aromatic N) is 1. The zero-order chi connectivity index (χ0) is 15.0. The second kappa shape index (κ2) is 5.73. The number of thiophene rings is 1. The summed E-state index contributed by atoms with van der Waals surface area (Å²) in [4.78, 5) is 16.3. The molecule has 2 aliphatic rings. The maximum absolute atomic E-state index is 12.9. The van der Waals surface area contributed by atoms with Crippen molar-refractivity contribution < 1.29 is 4.79 Å². The summed E-state index contributed by atoms with van der Waals surface area (Å²) in [7, 11) is 0. The van der Waals surface area contributed by atoms with Crippen molar-refractivity contribution >= 4 is 17.2 Å². The second-order valence-electron chi connectivity index (χ2n) is 6.87. The van der Waals surface area contributed by atoms with Crippen LogP contribution in [-0.4, -0.2) is 22.9 Å². The molecule has 4 heteroatoms. The first kappa shape index (κ1) is 15.0. The van der Waals surface area contributed by atoms with E-state index in [9.17, 15) is 4.79 Å². The normalized spacial score (nSPS) is 36.6. The summed E-state index contributed by atoms with van der Waals surface area (Å²) >= 11 is 1.74. The van der Waals surface area contributed by atoms with Crippen LogP contribution in [0.3, 0.4) is 0 Å². The highest BCUT2D eigenvalue weighted by Gasteiger charge is 2.48. The number of carbonyl (C=O) groups excluding carboxylic acids is 1. The van der Waals surface area contributed by atoms with Crippen LogP contribution in [-0.2, 0) is 4.79 Å². The van der Waals surface area contributed by atoms with Crippen molar-refractivity contribution in [3.05, 3.63) is 22.4 Å². The monoisotopic (exact) mass is 306 g/mol. The van der Waals surface area contributed by atoms with Crippen molar-refractivity contribution in [1.29, 1.82) is 0 Å². The van der Waals surface area contributed by atoms with E-state index in [1.807, 2.05) is 6.92 Å². The molecule has 1 amide bonds. The van der Waals surface area contributed by atoms with Gasteiger partial charge in [0.2, 0.25) is 5.91 Å². The predicted molar refractivity (Wildman–Crippen MR) is 87.1 cm³/mol. The van der Waals surface area contributed by atoms with Gasteiger partial charge in [-0.05, 0) is 43.0 Å². The Balaban J connectivity index is 1.84. The lowest BCUT2D eigenvalue weighted by Crippen LogP contribution is -2.43. The number of rotatable bonds is 4. The molecule has 3 rings (SSSR count). The molecular formula is C17H26N2OS. The third-order valence-corrected chi connectivity index (χ3v) is 6.41. The molecular weight excluding hydrogens is 280 g/mol. The lowest BCUT2D eigenvalue weighted by molar-refractivity contribution is -0.133. The highest BCUT2D eigenvalue weighted by Crippen LogP contribution is 2.38. The highest BCUT2D eigenvalue weighted by atomic mass is 32.1. The SMILES string of the molecule is CCC1(C)NC(c2cccs2)N(CC2CCCC2C)C1=O. The fourth-order valence-corrected chi connectivity index (χ4v) is 4.52. The van der Waals surface area contributed by atoms with Crippen LogP contribution in [0.15, 0.2) is 17.5 Å². The molecule has 1 aliphatic heterocycles. The van der Waals surface area contributed by atoms with Crippen molar-refractivity contribution in [2.75, 3.05) is 6.54 Å². The third kappa shape index (κ3) is 2.64. The Labute approximate surface area is 131 Å². The number of amides is 1. The van der Waals surface area contributed by atoms with Gasteiger partial charge in [-0.3, -0.25) is 10.1 Å². The minimum Gasteiger partial charge on any atom is -0.320 e. The molecule has 0 radical (unpaired) electrons. The Morgan fingerprint density at radius 2 is 2.29 bits per heavy atom. The van der Waals surface area contributed by atoms with Crippen LogP contribution in [0, 0.1) is 11.8 Å². The summed E-state index contributed by atoms with van der Waals surface area (Å²) in [5.41, 5.74) is -0.406. The summed E-state index contributed by atoms with van der Waals surface area (Å²) in [6.07, 6.45) is 4.80. The van der Waals surface area contributed by atoms with Crippen molar-refractivity contribution in [1.82, 2.24) is 10.2 Å². The minimum atomic E-state index is -0.406. The second-order valence-corrected chi connectivity index (χ2v) is 7.85. The predicted octanol–water partition coefficient (Wildman–Crippen LogP) is 3.78. The molecule has 3 nitrogen and oxygen atoms in total. The van der Waals surface area contributed by atoms with Crippen LogP contribution in [0.25, 0.3) is 0 Å². The van der Waals surface area contributed by atoms with E-state index in [0.717, 1.165) is 18.9 Å². The average molecular weight is 306 g/mol. The maximum Gasteiger partial charge on any atom is 0.244 e. The molecule has 0 bridgehead atoms. The summed E-state index contributed by atoms with van der Waals surface area (Å²) in [6, 6.07) is 4.21. The van der Waals surface area contributed by atoms with Crippen LogP contribution < -0.4 is 5.32 Å². The van der Waals surface area contributed by atoms with Gasteiger partial charge in [-0.15, -0.1) is 11.3 Å². The third-order valence-electron chi connectivity index (χ3n) is 5.49. The molecule has 21 heavy (non-hydrogen) atoms.